The summed E-state index contributed by atoms with van der Waals surface area (Å²) >= 11 is 5.69. The van der Waals surface area contributed by atoms with Gasteiger partial charge in [-0.1, -0.05) is 24.1 Å². The van der Waals surface area contributed by atoms with Crippen molar-refractivity contribution in [2.75, 3.05) is 13.1 Å². The number of carbonyl (C=O) groups is 2. The van der Waals surface area contributed by atoms with Crippen LogP contribution in [0, 0.1) is 17.2 Å². The van der Waals surface area contributed by atoms with E-state index in [2.05, 4.69) is 5.32 Å². The summed E-state index contributed by atoms with van der Waals surface area (Å²) < 4.78 is 13.7. The van der Waals surface area contributed by atoms with Gasteiger partial charge in [0.05, 0.1) is 5.41 Å². The molecule has 2 fully saturated rings. The summed E-state index contributed by atoms with van der Waals surface area (Å²) in [4.78, 5) is 25.4. The third-order valence-electron chi connectivity index (χ3n) is 5.03. The Labute approximate surface area is 138 Å². The SMILES string of the molecule is O=C(NCc1ccc(Cl)cc1F)N1C[C@@H]2CCC[C@@]2(C(=O)O)C1. The van der Waals surface area contributed by atoms with E-state index in [1.54, 1.807) is 6.07 Å². The molecule has 3 rings (SSSR count). The highest BCUT2D eigenvalue weighted by atomic mass is 35.5. The Balaban J connectivity index is 1.63. The van der Waals surface area contributed by atoms with Gasteiger partial charge in [0.15, 0.2) is 0 Å². The van der Waals surface area contributed by atoms with Crippen LogP contribution in [0.15, 0.2) is 18.2 Å². The van der Waals surface area contributed by atoms with E-state index < -0.39 is 17.2 Å². The molecule has 1 heterocycles. The summed E-state index contributed by atoms with van der Waals surface area (Å²) in [6.45, 7) is 0.715. The Hall–Kier alpha value is -1.82. The van der Waals surface area contributed by atoms with Gasteiger partial charge < -0.3 is 15.3 Å². The lowest BCUT2D eigenvalue weighted by molar-refractivity contribution is -0.149. The first-order chi connectivity index (χ1) is 10.9. The molecular formula is C16H18ClFN2O3. The number of benzene rings is 1. The van der Waals surface area contributed by atoms with Crippen LogP contribution in [0.1, 0.15) is 24.8 Å². The molecular weight excluding hydrogens is 323 g/mol. The number of hydrogen-bond acceptors (Lipinski definition) is 2. The Morgan fingerprint density at radius 2 is 2.26 bits per heavy atom. The average Bonchev–Trinajstić information content (AvgIpc) is 3.04. The third-order valence-corrected chi connectivity index (χ3v) is 5.26. The van der Waals surface area contributed by atoms with Gasteiger partial charge in [0, 0.05) is 30.2 Å². The lowest BCUT2D eigenvalue weighted by atomic mass is 9.81. The van der Waals surface area contributed by atoms with Crippen LogP contribution in [-0.4, -0.2) is 35.1 Å². The van der Waals surface area contributed by atoms with E-state index >= 15 is 0 Å². The van der Waals surface area contributed by atoms with Crippen molar-refractivity contribution < 1.29 is 19.1 Å². The Kier molecular flexibility index (Phi) is 4.19. The molecule has 2 atom stereocenters. The van der Waals surface area contributed by atoms with Crippen LogP contribution in [0.2, 0.25) is 5.02 Å². The summed E-state index contributed by atoms with van der Waals surface area (Å²) in [6, 6.07) is 3.93. The van der Waals surface area contributed by atoms with Gasteiger partial charge in [0.25, 0.3) is 0 Å². The first-order valence-electron chi connectivity index (χ1n) is 7.62. The maximum absolute atomic E-state index is 13.7. The highest BCUT2D eigenvalue weighted by Gasteiger charge is 2.55. The first kappa shape index (κ1) is 16.1. The maximum Gasteiger partial charge on any atom is 0.317 e. The van der Waals surface area contributed by atoms with Crippen molar-refractivity contribution in [2.24, 2.45) is 11.3 Å². The van der Waals surface area contributed by atoms with Gasteiger partial charge in [-0.15, -0.1) is 0 Å². The molecule has 1 aliphatic carbocycles. The van der Waals surface area contributed by atoms with Crippen LogP contribution in [0.4, 0.5) is 9.18 Å². The predicted octanol–water partition coefficient (Wildman–Crippen LogP) is 2.88. The number of nitrogens with one attached hydrogen (secondary N) is 1. The van der Waals surface area contributed by atoms with Crippen molar-refractivity contribution in [1.82, 2.24) is 10.2 Å². The molecule has 0 radical (unpaired) electrons. The molecule has 5 nitrogen and oxygen atoms in total. The van der Waals surface area contributed by atoms with Crippen LogP contribution < -0.4 is 5.32 Å². The number of nitrogens with zero attached hydrogens (tertiary/aromatic N) is 1. The highest BCUT2D eigenvalue weighted by Crippen LogP contribution is 2.48. The van der Waals surface area contributed by atoms with E-state index in [1.807, 2.05) is 0 Å². The number of aliphatic carboxylic acids is 1. The first-order valence-corrected chi connectivity index (χ1v) is 8.00. The van der Waals surface area contributed by atoms with Crippen LogP contribution in [-0.2, 0) is 11.3 Å². The third kappa shape index (κ3) is 2.87. The van der Waals surface area contributed by atoms with E-state index in [0.29, 0.717) is 23.6 Å². The molecule has 1 aliphatic heterocycles. The van der Waals surface area contributed by atoms with Gasteiger partial charge in [-0.3, -0.25) is 4.79 Å². The summed E-state index contributed by atoms with van der Waals surface area (Å²) in [7, 11) is 0. The number of fused-ring (bicyclic) bond motifs is 1. The van der Waals surface area contributed by atoms with Gasteiger partial charge in [0.2, 0.25) is 0 Å². The summed E-state index contributed by atoms with van der Waals surface area (Å²) in [5.41, 5.74) is -0.460. The van der Waals surface area contributed by atoms with Crippen molar-refractivity contribution >= 4 is 23.6 Å². The van der Waals surface area contributed by atoms with E-state index in [1.165, 1.54) is 17.0 Å². The zero-order valence-electron chi connectivity index (χ0n) is 12.5. The van der Waals surface area contributed by atoms with Gasteiger partial charge >= 0.3 is 12.0 Å². The lowest BCUT2D eigenvalue weighted by Crippen LogP contribution is -2.41. The second-order valence-electron chi connectivity index (χ2n) is 6.33. The van der Waals surface area contributed by atoms with E-state index in [-0.39, 0.29) is 25.0 Å². The molecule has 7 heteroatoms. The second-order valence-corrected chi connectivity index (χ2v) is 6.76. The number of likely N-dealkylation sites (tertiary alicyclic amines) is 1. The Morgan fingerprint density at radius 3 is 2.91 bits per heavy atom. The zero-order valence-corrected chi connectivity index (χ0v) is 13.3. The fourth-order valence-electron chi connectivity index (χ4n) is 3.74. The van der Waals surface area contributed by atoms with Gasteiger partial charge in [0.1, 0.15) is 5.82 Å². The minimum absolute atomic E-state index is 0.0121. The van der Waals surface area contributed by atoms with Gasteiger partial charge in [-0.2, -0.15) is 0 Å². The molecule has 1 saturated heterocycles. The highest BCUT2D eigenvalue weighted by molar-refractivity contribution is 6.30. The minimum Gasteiger partial charge on any atom is -0.481 e. The number of halogens is 2. The Bertz CT molecular complexity index is 654. The normalized spacial score (nSPS) is 26.2. The number of carboxylic acid groups (broad SMARTS) is 1. The van der Waals surface area contributed by atoms with Crippen molar-refractivity contribution in [3.05, 3.63) is 34.6 Å². The topological polar surface area (TPSA) is 69.6 Å². The quantitative estimate of drug-likeness (QED) is 0.889. The Morgan fingerprint density at radius 1 is 1.48 bits per heavy atom. The van der Waals surface area contributed by atoms with Crippen LogP contribution >= 0.6 is 11.6 Å². The molecule has 1 saturated carbocycles. The maximum atomic E-state index is 13.7. The molecule has 2 aliphatic rings. The van der Waals surface area contributed by atoms with E-state index in [0.717, 1.165) is 12.8 Å². The van der Waals surface area contributed by atoms with Crippen molar-refractivity contribution in [1.29, 1.82) is 0 Å². The molecule has 0 aromatic heterocycles. The molecule has 0 bridgehead atoms. The van der Waals surface area contributed by atoms with E-state index in [4.69, 9.17) is 11.6 Å². The number of rotatable bonds is 3. The number of hydrogen-bond donors (Lipinski definition) is 2. The summed E-state index contributed by atoms with van der Waals surface area (Å²) in [5, 5.41) is 12.5. The molecule has 1 aromatic carbocycles. The molecule has 1 aromatic rings. The largest absolute Gasteiger partial charge is 0.481 e. The fourth-order valence-corrected chi connectivity index (χ4v) is 3.90. The number of carbonyl (C=O) groups excluding carboxylic acids is 1. The average molecular weight is 341 g/mol. The van der Waals surface area contributed by atoms with E-state index in [9.17, 15) is 19.1 Å². The molecule has 0 unspecified atom stereocenters. The van der Waals surface area contributed by atoms with Crippen molar-refractivity contribution in [3.8, 4) is 0 Å². The lowest BCUT2D eigenvalue weighted by Gasteiger charge is -2.23. The zero-order chi connectivity index (χ0) is 16.6. The second kappa shape index (κ2) is 6.00. The fraction of sp³-hybridized carbons (Fsp3) is 0.500. The molecule has 0 spiro atoms. The van der Waals surface area contributed by atoms with Crippen molar-refractivity contribution in [3.63, 3.8) is 0 Å². The summed E-state index contributed by atoms with van der Waals surface area (Å²) in [6.07, 6.45) is 2.34. The van der Waals surface area contributed by atoms with Gasteiger partial charge in [-0.05, 0) is 30.9 Å². The molecule has 23 heavy (non-hydrogen) atoms. The number of carboxylic acids is 1. The smallest absolute Gasteiger partial charge is 0.317 e. The number of amides is 2. The van der Waals surface area contributed by atoms with Crippen LogP contribution in [0.3, 0.4) is 0 Å². The molecule has 2 amide bonds. The minimum atomic E-state index is -0.820. The monoisotopic (exact) mass is 340 g/mol. The van der Waals surface area contributed by atoms with Crippen molar-refractivity contribution in [2.45, 2.75) is 25.8 Å². The van der Waals surface area contributed by atoms with Gasteiger partial charge in [-0.25, -0.2) is 9.18 Å². The van der Waals surface area contributed by atoms with Crippen LogP contribution in [0.25, 0.3) is 0 Å². The van der Waals surface area contributed by atoms with Crippen LogP contribution in [0.5, 0.6) is 0 Å². The summed E-state index contributed by atoms with van der Waals surface area (Å²) in [5.74, 6) is -1.28. The number of urea groups is 1. The molecule has 124 valence electrons. The standard InChI is InChI=1S/C16H18ClFN2O3/c17-12-4-3-10(13(18)6-12)7-19-15(23)20-8-11-2-1-5-16(11,9-20)14(21)22/h3-4,6,11H,1-2,5,7-9H2,(H,19,23)(H,21,22)/t11-,16+/m0/s1. The molecule has 2 N–H and O–H groups in total. The predicted molar refractivity (Wildman–Crippen MR) is 82.6 cm³/mol.